The van der Waals surface area contributed by atoms with Crippen LogP contribution in [-0.4, -0.2) is 11.9 Å². The molecule has 1 aliphatic heterocycles. The molecule has 148 valence electrons. The summed E-state index contributed by atoms with van der Waals surface area (Å²) >= 11 is 5.42. The molecular weight excluding hydrogens is 440 g/mol. The van der Waals surface area contributed by atoms with Crippen LogP contribution in [0.25, 0.3) is 17.0 Å². The van der Waals surface area contributed by atoms with Crippen LogP contribution in [0.4, 0.5) is 5.69 Å². The van der Waals surface area contributed by atoms with Crippen LogP contribution in [0.5, 0.6) is 0 Å². The summed E-state index contributed by atoms with van der Waals surface area (Å²) in [4.78, 5) is 3.81. The molecule has 0 radical (unpaired) electrons. The quantitative estimate of drug-likeness (QED) is 0.215. The van der Waals surface area contributed by atoms with E-state index in [2.05, 4.69) is 111 Å². The van der Waals surface area contributed by atoms with Gasteiger partial charge in [0.05, 0.1) is 16.1 Å². The third kappa shape index (κ3) is 4.44. The number of nitrogens with zero attached hydrogens (tertiary/aromatic N) is 2. The minimum Gasteiger partial charge on any atom is -0.335 e. The number of unbranched alkanes of at least 4 members (excludes halogenated alkanes) is 1. The molecule has 2 heterocycles. The summed E-state index contributed by atoms with van der Waals surface area (Å²) in [6.07, 6.45) is 11.2. The highest BCUT2D eigenvalue weighted by molar-refractivity contribution is 9.09. The lowest BCUT2D eigenvalue weighted by atomic mass is 10.1. The van der Waals surface area contributed by atoms with Gasteiger partial charge in [-0.3, -0.25) is 0 Å². The lowest BCUT2D eigenvalue weighted by Gasteiger charge is -2.20. The Labute approximate surface area is 186 Å². The van der Waals surface area contributed by atoms with Gasteiger partial charge in [0.1, 0.15) is 6.54 Å². The molecule has 0 N–H and O–H groups in total. The van der Waals surface area contributed by atoms with E-state index in [4.69, 9.17) is 0 Å². The van der Waals surface area contributed by atoms with E-state index in [1.54, 1.807) is 0 Å². The second-order valence-electron chi connectivity index (χ2n) is 7.06. The Balaban J connectivity index is 1.61. The van der Waals surface area contributed by atoms with Crippen LogP contribution in [0.2, 0.25) is 0 Å². The summed E-state index contributed by atoms with van der Waals surface area (Å²) in [5.74, 6) is 0. The number of hydrogen-bond donors (Lipinski definition) is 0. The second-order valence-corrected chi connectivity index (χ2v) is 8.91. The maximum atomic E-state index is 3.55. The normalized spacial score (nSPS) is 15.0. The molecule has 0 saturated carbocycles. The predicted octanol–water partition coefficient (Wildman–Crippen LogP) is 6.79. The van der Waals surface area contributed by atoms with Crippen molar-refractivity contribution in [2.24, 2.45) is 0 Å². The van der Waals surface area contributed by atoms with E-state index in [-0.39, 0.29) is 0 Å². The average molecular weight is 466 g/mol. The van der Waals surface area contributed by atoms with Crippen molar-refractivity contribution in [3.05, 3.63) is 83.5 Å². The molecule has 3 aromatic rings. The number of aryl methyl sites for hydroxylation is 1. The number of aromatic nitrogens is 1. The van der Waals surface area contributed by atoms with E-state index in [1.165, 1.54) is 44.9 Å². The Morgan fingerprint density at radius 3 is 2.72 bits per heavy atom. The van der Waals surface area contributed by atoms with Crippen LogP contribution in [0.1, 0.15) is 25.3 Å². The van der Waals surface area contributed by atoms with Crippen molar-refractivity contribution < 1.29 is 4.57 Å². The van der Waals surface area contributed by atoms with Crippen LogP contribution in [0, 0.1) is 0 Å². The molecule has 29 heavy (non-hydrogen) atoms. The average Bonchev–Trinajstić information content (AvgIpc) is 3.11. The van der Waals surface area contributed by atoms with Gasteiger partial charge < -0.3 is 4.90 Å². The van der Waals surface area contributed by atoms with E-state index in [0.717, 1.165) is 18.4 Å². The second kappa shape index (κ2) is 9.64. The van der Waals surface area contributed by atoms with Crippen molar-refractivity contribution in [1.82, 2.24) is 0 Å². The van der Waals surface area contributed by atoms with Crippen molar-refractivity contribution >= 4 is 50.4 Å². The number of allylic oxidation sites excluding steroid dienone is 2. The number of pyridine rings is 1. The van der Waals surface area contributed by atoms with Gasteiger partial charge in [-0.05, 0) is 49.6 Å². The molecule has 2 nitrogen and oxygen atoms in total. The van der Waals surface area contributed by atoms with E-state index in [0.29, 0.717) is 0 Å². The molecule has 0 bridgehead atoms. The lowest BCUT2D eigenvalue weighted by Crippen LogP contribution is -2.32. The Morgan fingerprint density at radius 1 is 1.03 bits per heavy atom. The van der Waals surface area contributed by atoms with Gasteiger partial charge in [0.15, 0.2) is 6.20 Å². The van der Waals surface area contributed by atoms with Gasteiger partial charge in [-0.2, -0.15) is 4.57 Å². The highest BCUT2D eigenvalue weighted by Crippen LogP contribution is 2.45. The predicted molar refractivity (Wildman–Crippen MR) is 130 cm³/mol. The number of anilines is 1. The number of alkyl halides is 1. The third-order valence-corrected chi connectivity index (χ3v) is 6.91. The molecule has 4 heteroatoms. The molecule has 0 fully saturated rings. The van der Waals surface area contributed by atoms with Gasteiger partial charge in [-0.15, -0.1) is 0 Å². The molecule has 0 aliphatic carbocycles. The topological polar surface area (TPSA) is 7.12 Å². The van der Waals surface area contributed by atoms with E-state index >= 15 is 0 Å². The number of para-hydroxylation sites is 2. The Morgan fingerprint density at radius 2 is 1.86 bits per heavy atom. The van der Waals surface area contributed by atoms with Gasteiger partial charge in [0, 0.05) is 28.9 Å². The number of fused-ring (bicyclic) bond motifs is 2. The molecule has 1 aliphatic rings. The number of hydrogen-bond acceptors (Lipinski definition) is 2. The Hall–Kier alpha value is -2.04. The first-order valence-electron chi connectivity index (χ1n) is 10.2. The summed E-state index contributed by atoms with van der Waals surface area (Å²) < 4.78 is 2.29. The van der Waals surface area contributed by atoms with Crippen molar-refractivity contribution in [3.8, 4) is 0 Å². The van der Waals surface area contributed by atoms with Crippen LogP contribution < -0.4 is 9.47 Å². The smallest absolute Gasteiger partial charge is 0.213 e. The van der Waals surface area contributed by atoms with Gasteiger partial charge in [0.2, 0.25) is 5.52 Å². The maximum absolute atomic E-state index is 3.55. The van der Waals surface area contributed by atoms with Gasteiger partial charge in [-0.1, -0.05) is 64.1 Å². The first-order chi connectivity index (χ1) is 14.3. The lowest BCUT2D eigenvalue weighted by molar-refractivity contribution is -0.667. The van der Waals surface area contributed by atoms with Crippen LogP contribution in [0.3, 0.4) is 0 Å². The number of thioether (sulfide) groups is 1. The molecule has 0 spiro atoms. The first kappa shape index (κ1) is 20.2. The molecule has 0 amide bonds. The van der Waals surface area contributed by atoms with E-state index in [1.807, 2.05) is 11.8 Å². The summed E-state index contributed by atoms with van der Waals surface area (Å²) in [5.41, 5.74) is 3.87. The van der Waals surface area contributed by atoms with Gasteiger partial charge in [0.25, 0.3) is 0 Å². The zero-order chi connectivity index (χ0) is 20.1. The van der Waals surface area contributed by atoms with Gasteiger partial charge >= 0.3 is 0 Å². The van der Waals surface area contributed by atoms with Crippen molar-refractivity contribution in [3.63, 3.8) is 0 Å². The van der Waals surface area contributed by atoms with Crippen LogP contribution >= 0.6 is 27.7 Å². The van der Waals surface area contributed by atoms with E-state index < -0.39 is 0 Å². The van der Waals surface area contributed by atoms with Crippen molar-refractivity contribution in [1.29, 1.82) is 0 Å². The molecule has 2 aromatic carbocycles. The Kier molecular flexibility index (Phi) is 6.73. The van der Waals surface area contributed by atoms with E-state index in [9.17, 15) is 0 Å². The highest BCUT2D eigenvalue weighted by Gasteiger charge is 2.23. The molecule has 0 unspecified atom stereocenters. The SMILES string of the molecule is CC[n+]1ccc(/C=C/C=C2/Sc3ccccc3N2CCCCBr)c2ccccc21. The minimum atomic E-state index is 0.979. The van der Waals surface area contributed by atoms with Crippen molar-refractivity contribution in [2.75, 3.05) is 16.8 Å². The first-order valence-corrected chi connectivity index (χ1v) is 12.2. The highest BCUT2D eigenvalue weighted by atomic mass is 79.9. The number of benzene rings is 2. The largest absolute Gasteiger partial charge is 0.335 e. The zero-order valence-corrected chi connectivity index (χ0v) is 19.1. The summed E-state index contributed by atoms with van der Waals surface area (Å²) in [6.45, 7) is 4.22. The van der Waals surface area contributed by atoms with Crippen LogP contribution in [0.15, 0.2) is 82.9 Å². The summed E-state index contributed by atoms with van der Waals surface area (Å²) in [6, 6.07) is 19.6. The fourth-order valence-corrected chi connectivity index (χ4v) is 5.23. The molecule has 1 aromatic heterocycles. The summed E-state index contributed by atoms with van der Waals surface area (Å²) in [5, 5.41) is 3.66. The number of rotatable bonds is 7. The standard InChI is InChI=1S/C25H26BrN2S/c1-2-27-19-16-20(21-11-3-4-12-22(21)27)10-9-15-25-28(18-8-7-17-26)23-13-5-6-14-24(23)29-25/h3-6,9-16,19H,2,7-8,17-18H2,1H3/q+1. The molecule has 4 rings (SSSR count). The fraction of sp³-hybridized carbons (Fsp3) is 0.240. The molecule has 0 saturated heterocycles. The minimum absolute atomic E-state index is 0.979. The number of halogens is 1. The molecule has 0 atom stereocenters. The van der Waals surface area contributed by atoms with Crippen LogP contribution in [-0.2, 0) is 6.54 Å². The van der Waals surface area contributed by atoms with Gasteiger partial charge in [-0.25, -0.2) is 0 Å². The monoisotopic (exact) mass is 465 g/mol. The maximum Gasteiger partial charge on any atom is 0.213 e. The molecular formula is C25H26BrN2S+. The Bertz CT molecular complexity index is 1060. The summed E-state index contributed by atoms with van der Waals surface area (Å²) in [7, 11) is 0. The third-order valence-electron chi connectivity index (χ3n) is 5.22. The van der Waals surface area contributed by atoms with Crippen molar-refractivity contribution in [2.45, 2.75) is 31.2 Å². The fourth-order valence-electron chi connectivity index (χ4n) is 3.74. The zero-order valence-electron chi connectivity index (χ0n) is 16.7.